The van der Waals surface area contributed by atoms with Crippen LogP contribution in [0.15, 0.2) is 41.0 Å². The van der Waals surface area contributed by atoms with Crippen LogP contribution in [0.4, 0.5) is 4.39 Å². The molecule has 2 heterocycles. The predicted molar refractivity (Wildman–Crippen MR) is 63.0 cm³/mol. The second kappa shape index (κ2) is 3.70. The zero-order valence-corrected chi connectivity index (χ0v) is 10.1. The molecule has 0 amide bonds. The van der Waals surface area contributed by atoms with Crippen LogP contribution in [0.3, 0.4) is 0 Å². The van der Waals surface area contributed by atoms with Gasteiger partial charge in [0.15, 0.2) is 0 Å². The van der Waals surface area contributed by atoms with Crippen LogP contribution in [0.25, 0.3) is 0 Å². The lowest BCUT2D eigenvalue weighted by Crippen LogP contribution is -2.06. The maximum Gasteiger partial charge on any atom is 0.144 e. The van der Waals surface area contributed by atoms with Crippen LogP contribution in [0.1, 0.15) is 29.9 Å². The summed E-state index contributed by atoms with van der Waals surface area (Å²) in [5.41, 5.74) is 1.78. The van der Waals surface area contributed by atoms with E-state index in [2.05, 4.69) is 21.0 Å². The highest BCUT2D eigenvalue weighted by molar-refractivity contribution is 9.10. The SMILES string of the molecule is FC1CC(c2ccccc2)n2nc(Br)cc21. The van der Waals surface area contributed by atoms with Gasteiger partial charge < -0.3 is 0 Å². The topological polar surface area (TPSA) is 17.8 Å². The molecule has 0 bridgehead atoms. The van der Waals surface area contributed by atoms with Crippen molar-refractivity contribution in [2.45, 2.75) is 18.6 Å². The molecule has 82 valence electrons. The molecule has 16 heavy (non-hydrogen) atoms. The van der Waals surface area contributed by atoms with E-state index in [1.807, 2.05) is 30.3 Å². The van der Waals surface area contributed by atoms with Gasteiger partial charge in [-0.15, -0.1) is 0 Å². The van der Waals surface area contributed by atoms with Crippen molar-refractivity contribution < 1.29 is 4.39 Å². The summed E-state index contributed by atoms with van der Waals surface area (Å²) in [4.78, 5) is 0. The fraction of sp³-hybridized carbons (Fsp3) is 0.250. The molecule has 0 aliphatic carbocycles. The minimum absolute atomic E-state index is 0.0255. The first-order valence-corrected chi connectivity index (χ1v) is 5.99. The highest BCUT2D eigenvalue weighted by atomic mass is 79.9. The summed E-state index contributed by atoms with van der Waals surface area (Å²) in [6, 6.07) is 11.7. The molecule has 2 nitrogen and oxygen atoms in total. The van der Waals surface area contributed by atoms with Gasteiger partial charge in [0, 0.05) is 6.42 Å². The smallest absolute Gasteiger partial charge is 0.144 e. The van der Waals surface area contributed by atoms with Crippen LogP contribution < -0.4 is 0 Å². The summed E-state index contributed by atoms with van der Waals surface area (Å²) in [5.74, 6) is 0. The van der Waals surface area contributed by atoms with Crippen molar-refractivity contribution in [2.24, 2.45) is 0 Å². The number of hydrogen-bond acceptors (Lipinski definition) is 1. The number of rotatable bonds is 1. The zero-order chi connectivity index (χ0) is 11.1. The van der Waals surface area contributed by atoms with Gasteiger partial charge in [0.25, 0.3) is 0 Å². The summed E-state index contributed by atoms with van der Waals surface area (Å²) >= 11 is 3.29. The summed E-state index contributed by atoms with van der Waals surface area (Å²) in [5, 5.41) is 4.29. The van der Waals surface area contributed by atoms with E-state index >= 15 is 0 Å². The molecule has 0 saturated heterocycles. The van der Waals surface area contributed by atoms with E-state index in [0.717, 1.165) is 5.56 Å². The molecule has 2 aromatic rings. The van der Waals surface area contributed by atoms with Crippen molar-refractivity contribution in [3.63, 3.8) is 0 Å². The van der Waals surface area contributed by atoms with Crippen molar-refractivity contribution in [3.8, 4) is 0 Å². The molecule has 1 aromatic heterocycles. The summed E-state index contributed by atoms with van der Waals surface area (Å²) < 4.78 is 16.3. The third-order valence-electron chi connectivity index (χ3n) is 2.97. The Morgan fingerprint density at radius 3 is 2.81 bits per heavy atom. The van der Waals surface area contributed by atoms with Crippen molar-refractivity contribution in [2.75, 3.05) is 0 Å². The van der Waals surface area contributed by atoms with E-state index < -0.39 is 6.17 Å². The molecule has 0 fully saturated rings. The lowest BCUT2D eigenvalue weighted by molar-refractivity contribution is 0.334. The first kappa shape index (κ1) is 10.0. The molecule has 0 spiro atoms. The largest absolute Gasteiger partial charge is 0.258 e. The Bertz CT molecular complexity index is 509. The van der Waals surface area contributed by atoms with Gasteiger partial charge in [-0.3, -0.25) is 4.68 Å². The van der Waals surface area contributed by atoms with E-state index in [1.165, 1.54) is 0 Å². The predicted octanol–water partition coefficient (Wildman–Crippen LogP) is 3.65. The van der Waals surface area contributed by atoms with Crippen molar-refractivity contribution in [3.05, 3.63) is 52.3 Å². The van der Waals surface area contributed by atoms with Crippen molar-refractivity contribution >= 4 is 15.9 Å². The van der Waals surface area contributed by atoms with Gasteiger partial charge >= 0.3 is 0 Å². The number of nitrogens with zero attached hydrogens (tertiary/aromatic N) is 2. The van der Waals surface area contributed by atoms with E-state index in [0.29, 0.717) is 16.7 Å². The molecule has 2 unspecified atom stereocenters. The minimum Gasteiger partial charge on any atom is -0.258 e. The maximum atomic E-state index is 13.8. The monoisotopic (exact) mass is 280 g/mol. The summed E-state index contributed by atoms with van der Waals surface area (Å²) in [6.07, 6.45) is -0.427. The fourth-order valence-corrected chi connectivity index (χ4v) is 2.64. The number of fused-ring (bicyclic) bond motifs is 1. The average molecular weight is 281 g/mol. The highest BCUT2D eigenvalue weighted by Gasteiger charge is 2.33. The molecular weight excluding hydrogens is 271 g/mol. The van der Waals surface area contributed by atoms with Crippen LogP contribution in [0, 0.1) is 0 Å². The normalized spacial score (nSPS) is 23.4. The summed E-state index contributed by atoms with van der Waals surface area (Å²) in [7, 11) is 0. The van der Waals surface area contributed by atoms with Gasteiger partial charge in [-0.05, 0) is 27.6 Å². The molecule has 0 saturated carbocycles. The Labute approximate surface area is 101 Å². The number of benzene rings is 1. The molecule has 4 heteroatoms. The van der Waals surface area contributed by atoms with E-state index in [-0.39, 0.29) is 6.04 Å². The number of aromatic nitrogens is 2. The fourth-order valence-electron chi connectivity index (χ4n) is 2.23. The lowest BCUT2D eigenvalue weighted by atomic mass is 10.0. The van der Waals surface area contributed by atoms with Gasteiger partial charge in [0.1, 0.15) is 10.8 Å². The maximum absolute atomic E-state index is 13.8. The second-order valence-electron chi connectivity index (χ2n) is 3.97. The summed E-state index contributed by atoms with van der Waals surface area (Å²) in [6.45, 7) is 0. The Balaban J connectivity index is 2.06. The standard InChI is InChI=1S/C12H10BrFN2/c13-12-7-11-9(14)6-10(16(11)15-12)8-4-2-1-3-5-8/h1-5,7,9-10H,6H2. The quantitative estimate of drug-likeness (QED) is 0.780. The highest BCUT2D eigenvalue weighted by Crippen LogP contribution is 2.41. The van der Waals surface area contributed by atoms with Gasteiger partial charge in [-0.2, -0.15) is 5.10 Å². The van der Waals surface area contributed by atoms with E-state index in [9.17, 15) is 4.39 Å². The van der Waals surface area contributed by atoms with E-state index in [1.54, 1.807) is 10.7 Å². The van der Waals surface area contributed by atoms with Crippen LogP contribution in [0.5, 0.6) is 0 Å². The second-order valence-corrected chi connectivity index (χ2v) is 4.78. The molecule has 0 radical (unpaired) electrons. The zero-order valence-electron chi connectivity index (χ0n) is 8.48. The molecule has 0 N–H and O–H groups in total. The third kappa shape index (κ3) is 1.48. The Morgan fingerprint density at radius 2 is 2.06 bits per heavy atom. The lowest BCUT2D eigenvalue weighted by Gasteiger charge is -2.11. The van der Waals surface area contributed by atoms with Crippen LogP contribution >= 0.6 is 15.9 Å². The molecular formula is C12H10BrFN2. The van der Waals surface area contributed by atoms with Gasteiger partial charge in [-0.1, -0.05) is 30.3 Å². The van der Waals surface area contributed by atoms with Gasteiger partial charge in [0.2, 0.25) is 0 Å². The van der Waals surface area contributed by atoms with Crippen molar-refractivity contribution in [1.29, 1.82) is 0 Å². The van der Waals surface area contributed by atoms with Crippen LogP contribution in [-0.4, -0.2) is 9.78 Å². The average Bonchev–Trinajstić information content (AvgIpc) is 2.80. The van der Waals surface area contributed by atoms with Gasteiger partial charge in [-0.25, -0.2) is 4.39 Å². The minimum atomic E-state index is -0.913. The van der Waals surface area contributed by atoms with Crippen LogP contribution in [-0.2, 0) is 0 Å². The first-order valence-electron chi connectivity index (χ1n) is 5.19. The molecule has 1 aliphatic heterocycles. The number of alkyl halides is 1. The molecule has 2 atom stereocenters. The first-order chi connectivity index (χ1) is 7.75. The Kier molecular flexibility index (Phi) is 2.32. The molecule has 3 rings (SSSR count). The Morgan fingerprint density at radius 1 is 1.31 bits per heavy atom. The van der Waals surface area contributed by atoms with Gasteiger partial charge in [0.05, 0.1) is 11.7 Å². The van der Waals surface area contributed by atoms with Crippen LogP contribution in [0.2, 0.25) is 0 Å². The third-order valence-corrected chi connectivity index (χ3v) is 3.35. The van der Waals surface area contributed by atoms with Crippen molar-refractivity contribution in [1.82, 2.24) is 9.78 Å². The van der Waals surface area contributed by atoms with E-state index in [4.69, 9.17) is 0 Å². The molecule has 1 aliphatic rings. The number of hydrogen-bond donors (Lipinski definition) is 0. The molecule has 1 aromatic carbocycles. The number of halogens is 2. The Hall–Kier alpha value is -1.16.